The first-order valence-corrected chi connectivity index (χ1v) is 7.54. The van der Waals surface area contributed by atoms with E-state index in [0.29, 0.717) is 30.2 Å². The van der Waals surface area contributed by atoms with Crippen molar-refractivity contribution in [1.29, 1.82) is 0 Å². The SMILES string of the molecule is O=C(Cc1ccccc1F)NCCc1nc(-c2ccncc2)n[nH]1. The summed E-state index contributed by atoms with van der Waals surface area (Å²) in [5.41, 5.74) is 1.26. The molecule has 2 aromatic heterocycles. The molecule has 0 fully saturated rings. The first-order valence-electron chi connectivity index (χ1n) is 7.54. The number of hydrogen-bond acceptors (Lipinski definition) is 4. The summed E-state index contributed by atoms with van der Waals surface area (Å²) in [5, 5.41) is 9.73. The molecular weight excluding hydrogens is 309 g/mol. The Balaban J connectivity index is 1.49. The van der Waals surface area contributed by atoms with E-state index in [4.69, 9.17) is 0 Å². The van der Waals surface area contributed by atoms with Gasteiger partial charge in [-0.15, -0.1) is 0 Å². The number of carbonyl (C=O) groups excluding carboxylic acids is 1. The van der Waals surface area contributed by atoms with Crippen molar-refractivity contribution in [3.8, 4) is 11.4 Å². The van der Waals surface area contributed by atoms with Gasteiger partial charge in [0.25, 0.3) is 0 Å². The average molecular weight is 325 g/mol. The highest BCUT2D eigenvalue weighted by Crippen LogP contribution is 2.12. The van der Waals surface area contributed by atoms with Gasteiger partial charge in [0, 0.05) is 30.9 Å². The third-order valence-electron chi connectivity index (χ3n) is 3.46. The molecule has 0 aliphatic heterocycles. The molecule has 0 aliphatic carbocycles. The Morgan fingerprint density at radius 3 is 2.75 bits per heavy atom. The topological polar surface area (TPSA) is 83.6 Å². The lowest BCUT2D eigenvalue weighted by Gasteiger charge is -2.04. The van der Waals surface area contributed by atoms with Crippen LogP contribution in [-0.2, 0) is 17.6 Å². The first kappa shape index (κ1) is 15.8. The number of aromatic amines is 1. The van der Waals surface area contributed by atoms with Gasteiger partial charge in [-0.05, 0) is 23.8 Å². The Kier molecular flexibility index (Phi) is 4.90. The summed E-state index contributed by atoms with van der Waals surface area (Å²) < 4.78 is 13.5. The molecule has 0 aliphatic rings. The van der Waals surface area contributed by atoms with Gasteiger partial charge in [-0.1, -0.05) is 18.2 Å². The largest absolute Gasteiger partial charge is 0.355 e. The zero-order valence-corrected chi connectivity index (χ0v) is 12.9. The molecule has 7 heteroatoms. The molecule has 0 unspecified atom stereocenters. The second-order valence-electron chi connectivity index (χ2n) is 5.21. The third kappa shape index (κ3) is 4.01. The van der Waals surface area contributed by atoms with Crippen molar-refractivity contribution in [2.75, 3.05) is 6.54 Å². The number of rotatable bonds is 6. The van der Waals surface area contributed by atoms with Crippen molar-refractivity contribution in [1.82, 2.24) is 25.5 Å². The second kappa shape index (κ2) is 7.45. The predicted molar refractivity (Wildman–Crippen MR) is 86.4 cm³/mol. The van der Waals surface area contributed by atoms with Crippen LogP contribution in [0.2, 0.25) is 0 Å². The molecule has 0 bridgehead atoms. The number of pyridine rings is 1. The van der Waals surface area contributed by atoms with E-state index in [0.717, 1.165) is 5.56 Å². The third-order valence-corrected chi connectivity index (χ3v) is 3.46. The lowest BCUT2D eigenvalue weighted by atomic mass is 10.1. The molecule has 122 valence electrons. The van der Waals surface area contributed by atoms with Gasteiger partial charge in [0.1, 0.15) is 11.6 Å². The lowest BCUT2D eigenvalue weighted by molar-refractivity contribution is -0.120. The standard InChI is InChI=1S/C17H16FN5O/c18-14-4-2-1-3-13(14)11-16(24)20-10-7-15-21-17(23-22-15)12-5-8-19-9-6-12/h1-6,8-9H,7,10-11H2,(H,20,24)(H,21,22,23). The Morgan fingerprint density at radius 2 is 1.96 bits per heavy atom. The van der Waals surface area contributed by atoms with Crippen LogP contribution in [0.1, 0.15) is 11.4 Å². The average Bonchev–Trinajstić information content (AvgIpc) is 3.07. The minimum absolute atomic E-state index is 0.0192. The maximum Gasteiger partial charge on any atom is 0.224 e. The summed E-state index contributed by atoms with van der Waals surface area (Å²) in [6.45, 7) is 0.401. The van der Waals surface area contributed by atoms with E-state index in [1.165, 1.54) is 6.07 Å². The predicted octanol–water partition coefficient (Wildman–Crippen LogP) is 1.91. The van der Waals surface area contributed by atoms with Crippen LogP contribution in [0.4, 0.5) is 4.39 Å². The number of amides is 1. The number of nitrogens with zero attached hydrogens (tertiary/aromatic N) is 3. The van der Waals surface area contributed by atoms with Crippen molar-refractivity contribution in [2.24, 2.45) is 0 Å². The zero-order valence-electron chi connectivity index (χ0n) is 12.9. The number of nitrogens with one attached hydrogen (secondary N) is 2. The maximum absolute atomic E-state index is 13.5. The molecule has 2 N–H and O–H groups in total. The van der Waals surface area contributed by atoms with Gasteiger partial charge in [-0.3, -0.25) is 14.9 Å². The van der Waals surface area contributed by atoms with Crippen LogP contribution in [-0.4, -0.2) is 32.6 Å². The summed E-state index contributed by atoms with van der Waals surface area (Å²) in [6.07, 6.45) is 3.88. The molecule has 0 atom stereocenters. The fourth-order valence-electron chi connectivity index (χ4n) is 2.23. The van der Waals surface area contributed by atoms with Crippen LogP contribution < -0.4 is 5.32 Å². The molecule has 24 heavy (non-hydrogen) atoms. The Labute approximate surface area is 138 Å². The molecule has 3 rings (SSSR count). The fraction of sp³-hybridized carbons (Fsp3) is 0.176. The quantitative estimate of drug-likeness (QED) is 0.725. The van der Waals surface area contributed by atoms with Crippen LogP contribution in [0.15, 0.2) is 48.8 Å². The summed E-state index contributed by atoms with van der Waals surface area (Å²) >= 11 is 0. The van der Waals surface area contributed by atoms with Crippen molar-refractivity contribution in [2.45, 2.75) is 12.8 Å². The van der Waals surface area contributed by atoms with E-state index in [9.17, 15) is 9.18 Å². The summed E-state index contributed by atoms with van der Waals surface area (Å²) in [5.74, 6) is 0.664. The van der Waals surface area contributed by atoms with E-state index < -0.39 is 0 Å². The number of aromatic nitrogens is 4. The highest BCUT2D eigenvalue weighted by molar-refractivity contribution is 5.78. The van der Waals surface area contributed by atoms with E-state index in [-0.39, 0.29) is 18.1 Å². The van der Waals surface area contributed by atoms with E-state index in [1.807, 2.05) is 12.1 Å². The minimum Gasteiger partial charge on any atom is -0.355 e. The van der Waals surface area contributed by atoms with Crippen LogP contribution >= 0.6 is 0 Å². The van der Waals surface area contributed by atoms with Crippen LogP contribution in [0, 0.1) is 5.82 Å². The normalized spacial score (nSPS) is 10.5. The van der Waals surface area contributed by atoms with Gasteiger partial charge in [0.2, 0.25) is 5.91 Å². The Morgan fingerprint density at radius 1 is 1.17 bits per heavy atom. The Bertz CT molecular complexity index is 819. The van der Waals surface area contributed by atoms with Crippen LogP contribution in [0.25, 0.3) is 11.4 Å². The molecule has 2 heterocycles. The fourth-order valence-corrected chi connectivity index (χ4v) is 2.23. The van der Waals surface area contributed by atoms with Crippen molar-refractivity contribution in [3.05, 3.63) is 66.0 Å². The number of benzene rings is 1. The molecule has 6 nitrogen and oxygen atoms in total. The molecule has 0 spiro atoms. The molecule has 0 saturated carbocycles. The van der Waals surface area contributed by atoms with E-state index in [1.54, 1.807) is 30.6 Å². The summed E-state index contributed by atoms with van der Waals surface area (Å²) in [7, 11) is 0. The van der Waals surface area contributed by atoms with Crippen molar-refractivity contribution in [3.63, 3.8) is 0 Å². The number of halogens is 1. The lowest BCUT2D eigenvalue weighted by Crippen LogP contribution is -2.27. The van der Waals surface area contributed by atoms with Gasteiger partial charge in [0.05, 0.1) is 6.42 Å². The van der Waals surface area contributed by atoms with Crippen molar-refractivity contribution < 1.29 is 9.18 Å². The number of H-pyrrole nitrogens is 1. The van der Waals surface area contributed by atoms with E-state index >= 15 is 0 Å². The van der Waals surface area contributed by atoms with Gasteiger partial charge < -0.3 is 5.32 Å². The molecule has 0 radical (unpaired) electrons. The summed E-state index contributed by atoms with van der Waals surface area (Å²) in [6, 6.07) is 9.90. The smallest absolute Gasteiger partial charge is 0.224 e. The Hall–Kier alpha value is -3.09. The van der Waals surface area contributed by atoms with Crippen LogP contribution in [0.5, 0.6) is 0 Å². The van der Waals surface area contributed by atoms with Gasteiger partial charge >= 0.3 is 0 Å². The van der Waals surface area contributed by atoms with Gasteiger partial charge in [-0.25, -0.2) is 9.37 Å². The maximum atomic E-state index is 13.5. The highest BCUT2D eigenvalue weighted by atomic mass is 19.1. The molecule has 1 amide bonds. The monoisotopic (exact) mass is 325 g/mol. The minimum atomic E-state index is -0.370. The first-order chi connectivity index (χ1) is 11.7. The molecule has 0 saturated heterocycles. The van der Waals surface area contributed by atoms with Crippen molar-refractivity contribution >= 4 is 5.91 Å². The van der Waals surface area contributed by atoms with Gasteiger partial charge in [-0.2, -0.15) is 5.10 Å². The summed E-state index contributed by atoms with van der Waals surface area (Å²) in [4.78, 5) is 20.2. The molecule has 1 aromatic carbocycles. The molecular formula is C17H16FN5O. The number of carbonyl (C=O) groups is 1. The highest BCUT2D eigenvalue weighted by Gasteiger charge is 2.09. The van der Waals surface area contributed by atoms with Gasteiger partial charge in [0.15, 0.2) is 5.82 Å². The zero-order chi connectivity index (χ0) is 16.8. The molecule has 3 aromatic rings. The number of hydrogen-bond donors (Lipinski definition) is 2. The van der Waals surface area contributed by atoms with E-state index in [2.05, 4.69) is 25.5 Å². The van der Waals surface area contributed by atoms with Crippen LogP contribution in [0.3, 0.4) is 0 Å². The second-order valence-corrected chi connectivity index (χ2v) is 5.21.